The zero-order valence-electron chi connectivity index (χ0n) is 21.3. The molecule has 6 rings (SSSR count). The highest BCUT2D eigenvalue weighted by Gasteiger charge is 2.25. The number of benzene rings is 2. The summed E-state index contributed by atoms with van der Waals surface area (Å²) < 4.78 is 0. The molecule has 2 aliphatic rings. The van der Waals surface area contributed by atoms with Crippen LogP contribution in [0, 0.1) is 5.92 Å². The first-order valence-electron chi connectivity index (χ1n) is 13.1. The number of thioether (sulfide) groups is 1. The summed E-state index contributed by atoms with van der Waals surface area (Å²) in [4.78, 5) is 39.3. The Hall–Kier alpha value is -4.08. The fourth-order valence-corrected chi connectivity index (χ4v) is 5.77. The van der Waals surface area contributed by atoms with Crippen molar-refractivity contribution in [2.24, 2.45) is 5.92 Å². The van der Waals surface area contributed by atoms with Crippen molar-refractivity contribution in [2.75, 3.05) is 24.5 Å². The molecule has 9 heteroatoms. The van der Waals surface area contributed by atoms with Gasteiger partial charge in [-0.15, -0.1) is 0 Å². The molecule has 0 unspecified atom stereocenters. The van der Waals surface area contributed by atoms with Crippen LogP contribution >= 0.6 is 11.8 Å². The second-order valence-corrected chi connectivity index (χ2v) is 10.8. The number of aromatic nitrogens is 3. The van der Waals surface area contributed by atoms with Crippen LogP contribution in [0.2, 0.25) is 0 Å². The molecule has 39 heavy (non-hydrogen) atoms. The van der Waals surface area contributed by atoms with E-state index in [1.807, 2.05) is 18.5 Å². The minimum absolute atomic E-state index is 0.355. The van der Waals surface area contributed by atoms with E-state index in [0.29, 0.717) is 22.5 Å². The van der Waals surface area contributed by atoms with Crippen LogP contribution in [-0.2, 0) is 11.3 Å². The largest absolute Gasteiger partial charge is 0.341 e. The molecule has 0 spiro atoms. The standard InChI is InChI=1S/C30H28N6O2S/c37-28-27(39-30(38)35-28)15-24-8-11-33-29(34-24)36-12-9-20(10-13-36)16-31-17-21-4-3-6-22(14-21)26-19-32-18-23-5-1-2-7-25(23)26/h1-8,11,14-15,18-20,31H,9-10,12-13,16-17H2,(H,35,37,38)/b27-15+. The van der Waals surface area contributed by atoms with Gasteiger partial charge >= 0.3 is 0 Å². The van der Waals surface area contributed by atoms with E-state index in [2.05, 4.69) is 72.9 Å². The monoisotopic (exact) mass is 536 g/mol. The van der Waals surface area contributed by atoms with Crippen LogP contribution in [0.25, 0.3) is 28.0 Å². The van der Waals surface area contributed by atoms with Crippen LogP contribution in [-0.4, -0.2) is 45.7 Å². The Labute approximate surface area is 231 Å². The highest BCUT2D eigenvalue weighted by molar-refractivity contribution is 8.18. The number of amides is 2. The molecule has 2 saturated heterocycles. The highest BCUT2D eigenvalue weighted by Crippen LogP contribution is 2.29. The molecule has 0 atom stereocenters. The molecule has 0 radical (unpaired) electrons. The number of rotatable bonds is 7. The molecule has 2 aromatic heterocycles. The third-order valence-electron chi connectivity index (χ3n) is 7.15. The first kappa shape index (κ1) is 25.2. The van der Waals surface area contributed by atoms with Gasteiger partial charge < -0.3 is 10.2 Å². The average Bonchev–Trinajstić information content (AvgIpc) is 3.29. The summed E-state index contributed by atoms with van der Waals surface area (Å²) in [7, 11) is 0. The molecule has 0 bridgehead atoms. The van der Waals surface area contributed by atoms with Gasteiger partial charge in [-0.1, -0.05) is 42.5 Å². The second kappa shape index (κ2) is 11.3. The predicted molar refractivity (Wildman–Crippen MR) is 155 cm³/mol. The van der Waals surface area contributed by atoms with Crippen LogP contribution in [0.1, 0.15) is 24.1 Å². The number of hydrogen-bond acceptors (Lipinski definition) is 8. The molecule has 8 nitrogen and oxygen atoms in total. The first-order valence-corrected chi connectivity index (χ1v) is 13.9. The smallest absolute Gasteiger partial charge is 0.290 e. The van der Waals surface area contributed by atoms with Gasteiger partial charge in [-0.05, 0) is 71.8 Å². The average molecular weight is 537 g/mol. The van der Waals surface area contributed by atoms with Crippen molar-refractivity contribution >= 4 is 45.7 Å². The van der Waals surface area contributed by atoms with Gasteiger partial charge in [0.2, 0.25) is 5.95 Å². The molecule has 0 saturated carbocycles. The Morgan fingerprint density at radius 2 is 1.92 bits per heavy atom. The summed E-state index contributed by atoms with van der Waals surface area (Å²) in [6.07, 6.45) is 9.30. The fraction of sp³-hybridized carbons (Fsp3) is 0.233. The quantitative estimate of drug-likeness (QED) is 0.318. The lowest BCUT2D eigenvalue weighted by Gasteiger charge is -2.32. The molecule has 196 valence electrons. The van der Waals surface area contributed by atoms with Gasteiger partial charge in [0.05, 0.1) is 10.6 Å². The van der Waals surface area contributed by atoms with Crippen molar-refractivity contribution < 1.29 is 9.59 Å². The minimum Gasteiger partial charge on any atom is -0.341 e. The van der Waals surface area contributed by atoms with Crippen LogP contribution in [0.3, 0.4) is 0 Å². The van der Waals surface area contributed by atoms with Crippen molar-refractivity contribution in [2.45, 2.75) is 19.4 Å². The van der Waals surface area contributed by atoms with Gasteiger partial charge in [0.1, 0.15) is 0 Å². The summed E-state index contributed by atoms with van der Waals surface area (Å²) >= 11 is 0.894. The maximum Gasteiger partial charge on any atom is 0.290 e. The van der Waals surface area contributed by atoms with Crippen LogP contribution < -0.4 is 15.5 Å². The summed E-state index contributed by atoms with van der Waals surface area (Å²) in [5.74, 6) is 0.864. The summed E-state index contributed by atoms with van der Waals surface area (Å²) in [6, 6.07) is 18.8. The summed E-state index contributed by atoms with van der Waals surface area (Å²) in [5.41, 5.74) is 4.22. The lowest BCUT2D eigenvalue weighted by Crippen LogP contribution is -2.38. The molecule has 4 heterocycles. The SMILES string of the molecule is O=C1NC(=O)/C(=C\c2ccnc(N3CCC(CNCc4cccc(-c5cncc6ccccc56)c4)CC3)n2)S1. The van der Waals surface area contributed by atoms with Gasteiger partial charge in [0, 0.05) is 49.2 Å². The van der Waals surface area contributed by atoms with E-state index in [9.17, 15) is 9.59 Å². The number of imide groups is 1. The number of nitrogens with zero attached hydrogens (tertiary/aromatic N) is 4. The number of pyridine rings is 1. The van der Waals surface area contributed by atoms with E-state index in [4.69, 9.17) is 0 Å². The Kier molecular flexibility index (Phi) is 7.33. The van der Waals surface area contributed by atoms with E-state index in [1.165, 1.54) is 16.5 Å². The maximum absolute atomic E-state index is 11.8. The number of hydrogen-bond donors (Lipinski definition) is 2. The van der Waals surface area contributed by atoms with E-state index < -0.39 is 0 Å². The molecule has 2 amide bonds. The van der Waals surface area contributed by atoms with Gasteiger partial charge in [0.15, 0.2) is 0 Å². The Morgan fingerprint density at radius 3 is 2.77 bits per heavy atom. The molecule has 2 fully saturated rings. The van der Waals surface area contributed by atoms with Crippen molar-refractivity contribution in [3.63, 3.8) is 0 Å². The third-order valence-corrected chi connectivity index (χ3v) is 7.96. The number of carbonyl (C=O) groups is 2. The molecular formula is C30H28N6O2S. The molecular weight excluding hydrogens is 508 g/mol. The normalized spacial score (nSPS) is 17.2. The fourth-order valence-electron chi connectivity index (χ4n) is 5.10. The maximum atomic E-state index is 11.8. The molecule has 4 aromatic rings. The highest BCUT2D eigenvalue weighted by atomic mass is 32.2. The molecule has 2 aromatic carbocycles. The van der Waals surface area contributed by atoms with E-state index in [1.54, 1.807) is 18.3 Å². The van der Waals surface area contributed by atoms with Crippen LogP contribution in [0.4, 0.5) is 10.7 Å². The summed E-state index contributed by atoms with van der Waals surface area (Å²) in [5, 5.41) is 7.94. The van der Waals surface area contributed by atoms with E-state index >= 15 is 0 Å². The van der Waals surface area contributed by atoms with E-state index in [-0.39, 0.29) is 11.1 Å². The number of fused-ring (bicyclic) bond motifs is 1. The Morgan fingerprint density at radius 1 is 1.05 bits per heavy atom. The predicted octanol–water partition coefficient (Wildman–Crippen LogP) is 5.02. The summed E-state index contributed by atoms with van der Waals surface area (Å²) in [6.45, 7) is 3.54. The van der Waals surface area contributed by atoms with Gasteiger partial charge in [-0.2, -0.15) is 0 Å². The number of nitrogens with one attached hydrogen (secondary N) is 2. The van der Waals surface area contributed by atoms with E-state index in [0.717, 1.165) is 61.7 Å². The molecule has 2 aliphatic heterocycles. The van der Waals surface area contributed by atoms with Crippen LogP contribution in [0.5, 0.6) is 0 Å². The Bertz CT molecular complexity index is 1560. The van der Waals surface area contributed by atoms with Crippen molar-refractivity contribution in [3.05, 3.63) is 89.4 Å². The van der Waals surface area contributed by atoms with Gasteiger partial charge in [0.25, 0.3) is 11.1 Å². The minimum atomic E-state index is -0.379. The Balaban J connectivity index is 1.02. The van der Waals surface area contributed by atoms with Crippen molar-refractivity contribution in [1.82, 2.24) is 25.6 Å². The topological polar surface area (TPSA) is 100 Å². The molecule has 0 aliphatic carbocycles. The number of piperidine rings is 1. The lowest BCUT2D eigenvalue weighted by molar-refractivity contribution is -0.115. The number of anilines is 1. The first-order chi connectivity index (χ1) is 19.1. The van der Waals surface area contributed by atoms with Gasteiger partial charge in [-0.25, -0.2) is 9.97 Å². The van der Waals surface area contributed by atoms with Gasteiger partial charge in [-0.3, -0.25) is 19.9 Å². The van der Waals surface area contributed by atoms with Crippen molar-refractivity contribution in [1.29, 1.82) is 0 Å². The van der Waals surface area contributed by atoms with Crippen molar-refractivity contribution in [3.8, 4) is 11.1 Å². The third kappa shape index (κ3) is 5.84. The number of carbonyl (C=O) groups excluding carboxylic acids is 2. The second-order valence-electron chi connectivity index (χ2n) is 9.80. The lowest BCUT2D eigenvalue weighted by atomic mass is 9.96. The zero-order valence-corrected chi connectivity index (χ0v) is 22.2. The zero-order chi connectivity index (χ0) is 26.6. The van der Waals surface area contributed by atoms with Crippen LogP contribution in [0.15, 0.2) is 78.1 Å². The molecule has 2 N–H and O–H groups in total.